The Balaban J connectivity index is 1.45. The Morgan fingerprint density at radius 3 is 2.12 bits per heavy atom. The van der Waals surface area contributed by atoms with E-state index in [1.807, 2.05) is 42.5 Å². The number of anilines is 1. The van der Waals surface area contributed by atoms with Crippen molar-refractivity contribution in [2.45, 2.75) is 6.42 Å². The van der Waals surface area contributed by atoms with E-state index in [0.29, 0.717) is 22.8 Å². The Kier molecular flexibility index (Phi) is 5.62. The monoisotopic (exact) mass is 447 g/mol. The molecule has 1 heterocycles. The number of hydrogen-bond acceptors (Lipinski definition) is 5. The van der Waals surface area contributed by atoms with Crippen molar-refractivity contribution in [3.63, 3.8) is 0 Å². The van der Waals surface area contributed by atoms with Crippen LogP contribution in [0.5, 0.6) is 11.5 Å². The van der Waals surface area contributed by atoms with Gasteiger partial charge in [-0.05, 0) is 64.9 Å². The van der Waals surface area contributed by atoms with Crippen molar-refractivity contribution in [1.82, 2.24) is 9.97 Å². The zero-order valence-electron chi connectivity index (χ0n) is 18.1. The Labute approximate surface area is 196 Å². The molecule has 0 fully saturated rings. The molecule has 6 nitrogen and oxygen atoms in total. The average Bonchev–Trinajstić information content (AvgIpc) is 2.85. The predicted molar refractivity (Wildman–Crippen MR) is 133 cm³/mol. The lowest BCUT2D eigenvalue weighted by Crippen LogP contribution is -2.16. The summed E-state index contributed by atoms with van der Waals surface area (Å²) in [6.45, 7) is 0. The highest BCUT2D eigenvalue weighted by Gasteiger charge is 2.15. The second-order valence-corrected chi connectivity index (χ2v) is 7.95. The number of nitrogens with one attached hydrogen (secondary N) is 1. The highest BCUT2D eigenvalue weighted by Crippen LogP contribution is 2.29. The molecule has 1 aromatic heterocycles. The quantitative estimate of drug-likeness (QED) is 0.328. The molecule has 5 aromatic rings. The van der Waals surface area contributed by atoms with Crippen LogP contribution in [0.2, 0.25) is 0 Å². The van der Waals surface area contributed by atoms with E-state index in [9.17, 15) is 15.0 Å². The minimum atomic E-state index is -0.206. The molecule has 4 aromatic carbocycles. The van der Waals surface area contributed by atoms with Crippen molar-refractivity contribution in [2.75, 3.05) is 5.32 Å². The van der Waals surface area contributed by atoms with Crippen molar-refractivity contribution in [3.8, 4) is 34.0 Å². The molecule has 6 heteroatoms. The van der Waals surface area contributed by atoms with Crippen LogP contribution in [0, 0.1) is 0 Å². The Morgan fingerprint density at radius 1 is 0.765 bits per heavy atom. The largest absolute Gasteiger partial charge is 0.508 e. The van der Waals surface area contributed by atoms with Crippen LogP contribution in [-0.2, 0) is 11.2 Å². The van der Waals surface area contributed by atoms with Gasteiger partial charge in [0.1, 0.15) is 17.2 Å². The lowest BCUT2D eigenvalue weighted by Gasteiger charge is -2.12. The number of carbonyl (C=O) groups is 1. The van der Waals surface area contributed by atoms with E-state index in [4.69, 9.17) is 4.98 Å². The van der Waals surface area contributed by atoms with Gasteiger partial charge in [0.25, 0.3) is 0 Å². The number of aromatic nitrogens is 2. The number of phenols is 2. The van der Waals surface area contributed by atoms with Crippen LogP contribution >= 0.6 is 0 Å². The second kappa shape index (κ2) is 9.03. The van der Waals surface area contributed by atoms with Crippen LogP contribution < -0.4 is 5.32 Å². The number of rotatable bonds is 5. The van der Waals surface area contributed by atoms with E-state index >= 15 is 0 Å². The summed E-state index contributed by atoms with van der Waals surface area (Å²) < 4.78 is 0. The van der Waals surface area contributed by atoms with E-state index in [1.165, 1.54) is 0 Å². The summed E-state index contributed by atoms with van der Waals surface area (Å²) >= 11 is 0. The minimum absolute atomic E-state index is 0.133. The van der Waals surface area contributed by atoms with Crippen molar-refractivity contribution in [1.29, 1.82) is 0 Å². The highest BCUT2D eigenvalue weighted by molar-refractivity contribution is 5.95. The maximum absolute atomic E-state index is 12.9. The van der Waals surface area contributed by atoms with E-state index in [1.54, 1.807) is 54.7 Å². The Bertz CT molecular complexity index is 1480. The third kappa shape index (κ3) is 4.56. The standard InChI is InChI=1S/C28H21N3O3/c32-23-11-7-20(8-12-23)25-17-29-28(27(30-25)21-9-13-24(33)14-10-21)31-26(34)16-18-5-6-19-3-1-2-4-22(19)15-18/h1-15,17,32-33H,16H2,(H,29,31,34). The van der Waals surface area contributed by atoms with Gasteiger partial charge in [-0.1, -0.05) is 42.5 Å². The first-order valence-electron chi connectivity index (χ1n) is 10.8. The van der Waals surface area contributed by atoms with Gasteiger partial charge in [-0.15, -0.1) is 0 Å². The molecule has 0 aliphatic heterocycles. The number of benzene rings is 4. The van der Waals surface area contributed by atoms with E-state index < -0.39 is 0 Å². The summed E-state index contributed by atoms with van der Waals surface area (Å²) in [4.78, 5) is 22.1. The van der Waals surface area contributed by atoms with Gasteiger partial charge in [-0.3, -0.25) is 4.79 Å². The molecular weight excluding hydrogens is 426 g/mol. The Hall–Kier alpha value is -4.71. The van der Waals surface area contributed by atoms with E-state index in [2.05, 4.69) is 10.3 Å². The first kappa shape index (κ1) is 21.2. The van der Waals surface area contributed by atoms with Crippen LogP contribution in [0.4, 0.5) is 5.82 Å². The molecule has 0 unspecified atom stereocenters. The number of aromatic hydroxyl groups is 2. The maximum atomic E-state index is 12.9. The first-order valence-corrected chi connectivity index (χ1v) is 10.8. The number of carbonyl (C=O) groups excluding carboxylic acids is 1. The molecule has 0 radical (unpaired) electrons. The summed E-state index contributed by atoms with van der Waals surface area (Å²) in [5.74, 6) is 0.419. The highest BCUT2D eigenvalue weighted by atomic mass is 16.3. The molecule has 5 rings (SSSR count). The SMILES string of the molecule is O=C(Cc1ccc2ccccc2c1)Nc1ncc(-c2ccc(O)cc2)nc1-c1ccc(O)cc1. The molecule has 0 atom stereocenters. The second-order valence-electron chi connectivity index (χ2n) is 7.95. The molecular formula is C28H21N3O3. The van der Waals surface area contributed by atoms with Gasteiger partial charge in [0, 0.05) is 11.1 Å². The van der Waals surface area contributed by atoms with Crippen LogP contribution in [0.3, 0.4) is 0 Å². The van der Waals surface area contributed by atoms with E-state index in [0.717, 1.165) is 21.9 Å². The smallest absolute Gasteiger partial charge is 0.230 e. The maximum Gasteiger partial charge on any atom is 0.230 e. The topological polar surface area (TPSA) is 95.3 Å². The summed E-state index contributed by atoms with van der Waals surface area (Å²) in [6.07, 6.45) is 1.78. The number of nitrogens with zero attached hydrogens (tertiary/aromatic N) is 2. The molecule has 0 spiro atoms. The predicted octanol–water partition coefficient (Wildman–Crippen LogP) is 5.56. The number of fused-ring (bicyclic) bond motifs is 1. The molecule has 34 heavy (non-hydrogen) atoms. The van der Waals surface area contributed by atoms with Gasteiger partial charge < -0.3 is 15.5 Å². The first-order chi connectivity index (χ1) is 16.5. The fourth-order valence-electron chi connectivity index (χ4n) is 3.78. The molecule has 0 bridgehead atoms. The number of phenolic OH excluding ortho intramolecular Hbond substituents is 2. The minimum Gasteiger partial charge on any atom is -0.508 e. The van der Waals surface area contributed by atoms with Gasteiger partial charge in [0.15, 0.2) is 5.82 Å². The summed E-state index contributed by atoms with van der Waals surface area (Å²) in [5, 5.41) is 24.4. The lowest BCUT2D eigenvalue weighted by molar-refractivity contribution is -0.115. The van der Waals surface area contributed by atoms with Crippen molar-refractivity contribution >= 4 is 22.5 Å². The molecule has 166 valence electrons. The summed E-state index contributed by atoms with van der Waals surface area (Å²) in [5.41, 5.74) is 3.45. The third-order valence-corrected chi connectivity index (χ3v) is 5.51. The number of amides is 1. The summed E-state index contributed by atoms with van der Waals surface area (Å²) in [6, 6.07) is 27.2. The van der Waals surface area contributed by atoms with Gasteiger partial charge in [-0.2, -0.15) is 0 Å². The van der Waals surface area contributed by atoms with Gasteiger partial charge in [0.05, 0.1) is 18.3 Å². The Morgan fingerprint density at radius 2 is 1.41 bits per heavy atom. The van der Waals surface area contributed by atoms with Gasteiger partial charge >= 0.3 is 0 Å². The fraction of sp³-hybridized carbons (Fsp3) is 0.0357. The molecule has 1 amide bonds. The van der Waals surface area contributed by atoms with Gasteiger partial charge in [0.2, 0.25) is 5.91 Å². The third-order valence-electron chi connectivity index (χ3n) is 5.51. The van der Waals surface area contributed by atoms with Gasteiger partial charge in [-0.25, -0.2) is 9.97 Å². The normalized spacial score (nSPS) is 10.8. The van der Waals surface area contributed by atoms with Crippen molar-refractivity contribution in [3.05, 3.63) is 103 Å². The van der Waals surface area contributed by atoms with Crippen molar-refractivity contribution in [2.24, 2.45) is 0 Å². The zero-order chi connectivity index (χ0) is 23.5. The molecule has 0 saturated carbocycles. The van der Waals surface area contributed by atoms with Crippen LogP contribution in [0.15, 0.2) is 97.2 Å². The molecule has 0 aliphatic carbocycles. The molecule has 0 saturated heterocycles. The fourth-order valence-corrected chi connectivity index (χ4v) is 3.78. The molecule has 0 aliphatic rings. The summed E-state index contributed by atoms with van der Waals surface area (Å²) in [7, 11) is 0. The average molecular weight is 447 g/mol. The van der Waals surface area contributed by atoms with E-state index in [-0.39, 0.29) is 23.8 Å². The van der Waals surface area contributed by atoms with Crippen LogP contribution in [0.25, 0.3) is 33.3 Å². The van der Waals surface area contributed by atoms with Crippen molar-refractivity contribution < 1.29 is 15.0 Å². The van der Waals surface area contributed by atoms with Crippen LogP contribution in [0.1, 0.15) is 5.56 Å². The van der Waals surface area contributed by atoms with Crippen LogP contribution in [-0.4, -0.2) is 26.1 Å². The molecule has 3 N–H and O–H groups in total. The lowest BCUT2D eigenvalue weighted by atomic mass is 10.0. The number of hydrogen-bond donors (Lipinski definition) is 3. The zero-order valence-corrected chi connectivity index (χ0v) is 18.1.